The lowest BCUT2D eigenvalue weighted by molar-refractivity contribution is -0.121. The van der Waals surface area contributed by atoms with Crippen molar-refractivity contribution in [1.82, 2.24) is 20.4 Å². The molecule has 0 aliphatic carbocycles. The highest BCUT2D eigenvalue weighted by Gasteiger charge is 2.22. The number of hydrogen-bond acceptors (Lipinski definition) is 3. The molecule has 0 aromatic carbocycles. The van der Waals surface area contributed by atoms with Crippen molar-refractivity contribution in [3.63, 3.8) is 0 Å². The average Bonchev–Trinajstić information content (AvgIpc) is 3.07. The second kappa shape index (κ2) is 7.28. The highest BCUT2D eigenvalue weighted by atomic mass is 16.1. The number of likely N-dealkylation sites (tertiary alicyclic amines) is 1. The van der Waals surface area contributed by atoms with Crippen LogP contribution in [0.3, 0.4) is 0 Å². The van der Waals surface area contributed by atoms with E-state index in [0.717, 1.165) is 25.9 Å². The van der Waals surface area contributed by atoms with Crippen molar-refractivity contribution in [3.05, 3.63) is 18.0 Å². The van der Waals surface area contributed by atoms with Gasteiger partial charge in [0.1, 0.15) is 0 Å². The Hall–Kier alpha value is -1.36. The van der Waals surface area contributed by atoms with Gasteiger partial charge >= 0.3 is 0 Å². The second-order valence-corrected chi connectivity index (χ2v) is 5.19. The molecule has 0 unspecified atom stereocenters. The number of aromatic amines is 1. The molecule has 5 nitrogen and oxygen atoms in total. The lowest BCUT2D eigenvalue weighted by atomic mass is 10.1. The molecular weight excluding hydrogens is 240 g/mol. The molecule has 0 spiro atoms. The van der Waals surface area contributed by atoms with Gasteiger partial charge in [-0.15, -0.1) is 0 Å². The van der Waals surface area contributed by atoms with Gasteiger partial charge in [-0.1, -0.05) is 6.92 Å². The quantitative estimate of drug-likeness (QED) is 0.781. The molecule has 1 aromatic rings. The van der Waals surface area contributed by atoms with E-state index in [2.05, 4.69) is 27.3 Å². The third-order valence-corrected chi connectivity index (χ3v) is 3.86. The van der Waals surface area contributed by atoms with Crippen molar-refractivity contribution in [1.29, 1.82) is 0 Å². The van der Waals surface area contributed by atoms with Gasteiger partial charge in [-0.3, -0.25) is 14.8 Å². The van der Waals surface area contributed by atoms with E-state index in [1.165, 1.54) is 24.9 Å². The molecule has 5 heteroatoms. The van der Waals surface area contributed by atoms with Gasteiger partial charge < -0.3 is 5.32 Å². The van der Waals surface area contributed by atoms with Gasteiger partial charge in [0.25, 0.3) is 0 Å². The number of aryl methyl sites for hydroxylation is 1. The number of nitrogens with zero attached hydrogens (tertiary/aromatic N) is 2. The van der Waals surface area contributed by atoms with Crippen LogP contribution in [0.2, 0.25) is 0 Å². The Morgan fingerprint density at radius 2 is 2.53 bits per heavy atom. The Balaban J connectivity index is 1.59. The summed E-state index contributed by atoms with van der Waals surface area (Å²) in [6, 6.07) is 0.544. The first kappa shape index (κ1) is 14.1. The van der Waals surface area contributed by atoms with Crippen molar-refractivity contribution >= 4 is 5.91 Å². The summed E-state index contributed by atoms with van der Waals surface area (Å²) in [4.78, 5) is 14.2. The molecule has 2 rings (SSSR count). The molecule has 1 fully saturated rings. The highest BCUT2D eigenvalue weighted by molar-refractivity contribution is 5.75. The highest BCUT2D eigenvalue weighted by Crippen LogP contribution is 2.15. The lowest BCUT2D eigenvalue weighted by Crippen LogP contribution is -2.39. The van der Waals surface area contributed by atoms with Crippen LogP contribution in [-0.2, 0) is 11.2 Å². The van der Waals surface area contributed by atoms with E-state index in [-0.39, 0.29) is 5.91 Å². The summed E-state index contributed by atoms with van der Waals surface area (Å²) in [5.74, 6) is 0.173. The molecule has 0 radical (unpaired) electrons. The van der Waals surface area contributed by atoms with Crippen molar-refractivity contribution in [2.45, 2.75) is 45.1 Å². The fraction of sp³-hybridized carbons (Fsp3) is 0.714. The van der Waals surface area contributed by atoms with Crippen LogP contribution in [0.5, 0.6) is 0 Å². The predicted molar refractivity (Wildman–Crippen MR) is 74.8 cm³/mol. The average molecular weight is 264 g/mol. The minimum absolute atomic E-state index is 0.173. The summed E-state index contributed by atoms with van der Waals surface area (Å²) in [7, 11) is 0. The molecule has 106 valence electrons. The number of likely N-dealkylation sites (N-methyl/N-ethyl adjacent to an activating group) is 1. The summed E-state index contributed by atoms with van der Waals surface area (Å²) in [6.45, 7) is 5.25. The van der Waals surface area contributed by atoms with E-state index in [1.807, 2.05) is 12.4 Å². The minimum Gasteiger partial charge on any atom is -0.355 e. The van der Waals surface area contributed by atoms with E-state index in [0.29, 0.717) is 12.5 Å². The normalized spacial score (nSPS) is 19.7. The molecule has 0 bridgehead atoms. The lowest BCUT2D eigenvalue weighted by Gasteiger charge is -2.22. The van der Waals surface area contributed by atoms with E-state index in [1.54, 1.807) is 0 Å². The molecule has 1 saturated heterocycles. The van der Waals surface area contributed by atoms with Crippen molar-refractivity contribution in [3.8, 4) is 0 Å². The van der Waals surface area contributed by atoms with E-state index < -0.39 is 0 Å². The molecule has 1 aromatic heterocycles. The summed E-state index contributed by atoms with van der Waals surface area (Å²) < 4.78 is 0. The van der Waals surface area contributed by atoms with Gasteiger partial charge in [0, 0.05) is 25.2 Å². The number of nitrogens with one attached hydrogen (secondary N) is 2. The molecule has 1 amide bonds. The Morgan fingerprint density at radius 1 is 1.63 bits per heavy atom. The molecule has 0 saturated carbocycles. The van der Waals surface area contributed by atoms with Crippen molar-refractivity contribution < 1.29 is 4.79 Å². The number of hydrogen-bond donors (Lipinski definition) is 2. The standard InChI is InChI=1S/C14H24N4O/c1-2-18-8-4-6-13(18)11-15-14(19)7-3-5-12-9-16-17-10-12/h9-10,13H,2-8,11H2,1H3,(H,15,19)(H,16,17)/t13-/m0/s1. The maximum atomic E-state index is 11.8. The predicted octanol–water partition coefficient (Wildman–Crippen LogP) is 1.33. The zero-order valence-corrected chi connectivity index (χ0v) is 11.7. The first-order valence-corrected chi connectivity index (χ1v) is 7.28. The number of amides is 1. The zero-order valence-electron chi connectivity index (χ0n) is 11.7. The number of rotatable bonds is 7. The maximum absolute atomic E-state index is 11.8. The van der Waals surface area contributed by atoms with Crippen LogP contribution in [0.15, 0.2) is 12.4 Å². The molecular formula is C14H24N4O. The number of aromatic nitrogens is 2. The number of H-pyrrole nitrogens is 1. The third kappa shape index (κ3) is 4.35. The van der Waals surface area contributed by atoms with Crippen molar-refractivity contribution in [2.24, 2.45) is 0 Å². The Labute approximate surface area is 114 Å². The monoisotopic (exact) mass is 264 g/mol. The Morgan fingerprint density at radius 3 is 3.26 bits per heavy atom. The van der Waals surface area contributed by atoms with Crippen LogP contribution < -0.4 is 5.32 Å². The summed E-state index contributed by atoms with van der Waals surface area (Å²) in [6.07, 6.45) is 8.56. The third-order valence-electron chi connectivity index (χ3n) is 3.86. The first-order valence-electron chi connectivity index (χ1n) is 7.28. The van der Waals surface area contributed by atoms with Crippen LogP contribution in [0.1, 0.15) is 38.2 Å². The molecule has 2 N–H and O–H groups in total. The molecule has 2 heterocycles. The molecule has 1 atom stereocenters. The molecule has 1 aliphatic heterocycles. The number of carbonyl (C=O) groups is 1. The van der Waals surface area contributed by atoms with Crippen molar-refractivity contribution in [2.75, 3.05) is 19.6 Å². The SMILES string of the molecule is CCN1CCC[C@H]1CNC(=O)CCCc1cn[nH]c1. The van der Waals surface area contributed by atoms with Gasteiger partial charge in [-0.25, -0.2) is 0 Å². The van der Waals surface area contributed by atoms with Gasteiger partial charge in [-0.05, 0) is 44.3 Å². The molecule has 19 heavy (non-hydrogen) atoms. The fourth-order valence-corrected chi connectivity index (χ4v) is 2.73. The van der Waals surface area contributed by atoms with Crippen LogP contribution in [0, 0.1) is 0 Å². The topological polar surface area (TPSA) is 61.0 Å². The van der Waals surface area contributed by atoms with Crippen LogP contribution >= 0.6 is 0 Å². The summed E-state index contributed by atoms with van der Waals surface area (Å²) >= 11 is 0. The van der Waals surface area contributed by atoms with Crippen LogP contribution in [0.25, 0.3) is 0 Å². The Kier molecular flexibility index (Phi) is 5.39. The number of carbonyl (C=O) groups excluding carboxylic acids is 1. The second-order valence-electron chi connectivity index (χ2n) is 5.19. The van der Waals surface area contributed by atoms with E-state index in [9.17, 15) is 4.79 Å². The van der Waals surface area contributed by atoms with Gasteiger partial charge in [0.2, 0.25) is 5.91 Å². The minimum atomic E-state index is 0.173. The van der Waals surface area contributed by atoms with Crippen LogP contribution in [-0.4, -0.2) is 46.7 Å². The van der Waals surface area contributed by atoms with Gasteiger partial charge in [0.05, 0.1) is 6.20 Å². The summed E-state index contributed by atoms with van der Waals surface area (Å²) in [5, 5.41) is 9.75. The first-order chi connectivity index (χ1) is 9.29. The Bertz CT molecular complexity index is 377. The fourth-order valence-electron chi connectivity index (χ4n) is 2.73. The summed E-state index contributed by atoms with van der Waals surface area (Å²) in [5.41, 5.74) is 1.17. The van der Waals surface area contributed by atoms with E-state index in [4.69, 9.17) is 0 Å². The smallest absolute Gasteiger partial charge is 0.220 e. The van der Waals surface area contributed by atoms with E-state index >= 15 is 0 Å². The largest absolute Gasteiger partial charge is 0.355 e. The zero-order chi connectivity index (χ0) is 13.5. The van der Waals surface area contributed by atoms with Crippen LogP contribution in [0.4, 0.5) is 0 Å². The van der Waals surface area contributed by atoms with Gasteiger partial charge in [-0.2, -0.15) is 5.10 Å². The maximum Gasteiger partial charge on any atom is 0.220 e. The van der Waals surface area contributed by atoms with Gasteiger partial charge in [0.15, 0.2) is 0 Å². The molecule has 1 aliphatic rings.